The molecule has 5 heteroatoms. The lowest BCUT2D eigenvalue weighted by atomic mass is 9.83. The van der Waals surface area contributed by atoms with Crippen molar-refractivity contribution in [2.75, 3.05) is 17.2 Å². The molecule has 2 N–H and O–H groups in total. The summed E-state index contributed by atoms with van der Waals surface area (Å²) in [4.78, 5) is 13.6. The first kappa shape index (κ1) is 23.2. The maximum atomic E-state index is 4.70. The third kappa shape index (κ3) is 6.77. The molecular weight excluding hydrogens is 406 g/mol. The molecule has 4 rings (SSSR count). The van der Waals surface area contributed by atoms with Gasteiger partial charge in [0.2, 0.25) is 5.95 Å². The van der Waals surface area contributed by atoms with Crippen LogP contribution in [-0.2, 0) is 0 Å². The van der Waals surface area contributed by atoms with Gasteiger partial charge in [0.25, 0.3) is 0 Å². The first-order valence-corrected chi connectivity index (χ1v) is 12.5. The Morgan fingerprint density at radius 2 is 1.67 bits per heavy atom. The van der Waals surface area contributed by atoms with E-state index < -0.39 is 0 Å². The van der Waals surface area contributed by atoms with Gasteiger partial charge in [-0.1, -0.05) is 58.6 Å². The van der Waals surface area contributed by atoms with E-state index in [0.29, 0.717) is 17.8 Å². The minimum absolute atomic E-state index is 0.580. The number of rotatable bonds is 7. The fourth-order valence-electron chi connectivity index (χ4n) is 4.55. The summed E-state index contributed by atoms with van der Waals surface area (Å²) in [5, 5.41) is 6.71. The second-order valence-corrected chi connectivity index (χ2v) is 9.88. The number of hydrogen-bond acceptors (Lipinski definition) is 5. The lowest BCUT2D eigenvalue weighted by Crippen LogP contribution is -2.08. The molecule has 0 spiro atoms. The number of hydrogen-bond donors (Lipinski definition) is 2. The topological polar surface area (TPSA) is 62.7 Å². The molecule has 0 bridgehead atoms. The molecule has 1 aliphatic carbocycles. The Labute approximate surface area is 198 Å². The first-order chi connectivity index (χ1) is 16.1. The average molecular weight is 444 g/mol. The molecule has 0 radical (unpaired) electrons. The van der Waals surface area contributed by atoms with Gasteiger partial charge in [-0.15, -0.1) is 0 Å². The highest BCUT2D eigenvalue weighted by molar-refractivity contribution is 5.62. The smallest absolute Gasteiger partial charge is 0.227 e. The van der Waals surface area contributed by atoms with Crippen molar-refractivity contribution in [1.82, 2.24) is 15.0 Å². The minimum Gasteiger partial charge on any atom is -0.370 e. The van der Waals surface area contributed by atoms with Gasteiger partial charge in [-0.25, -0.2) is 15.0 Å². The summed E-state index contributed by atoms with van der Waals surface area (Å²) < 4.78 is 0. The third-order valence-electron chi connectivity index (χ3n) is 6.54. The number of pyridine rings is 1. The number of benzene rings is 1. The number of aromatic nitrogens is 3. The Bertz CT molecular complexity index is 988. The summed E-state index contributed by atoms with van der Waals surface area (Å²) in [7, 11) is 0. The highest BCUT2D eigenvalue weighted by Crippen LogP contribution is 2.33. The second-order valence-electron chi connectivity index (χ2n) is 9.88. The second kappa shape index (κ2) is 11.3. The molecule has 0 saturated heterocycles. The predicted octanol–water partition coefficient (Wildman–Crippen LogP) is 7.42. The Morgan fingerprint density at radius 3 is 2.33 bits per heavy atom. The highest BCUT2D eigenvalue weighted by atomic mass is 15.1. The van der Waals surface area contributed by atoms with E-state index >= 15 is 0 Å². The van der Waals surface area contributed by atoms with Crippen LogP contribution in [0.1, 0.15) is 70.8 Å². The van der Waals surface area contributed by atoms with Gasteiger partial charge in [0.1, 0.15) is 5.82 Å². The lowest BCUT2D eigenvalue weighted by Gasteiger charge is -2.23. The molecule has 2 aromatic heterocycles. The van der Waals surface area contributed by atoms with Crippen molar-refractivity contribution in [3.63, 3.8) is 0 Å². The van der Waals surface area contributed by atoms with Gasteiger partial charge >= 0.3 is 0 Å². The Balaban J connectivity index is 1.39. The zero-order valence-electron chi connectivity index (χ0n) is 20.2. The molecule has 0 unspecified atom stereocenters. The molecule has 3 aromatic rings. The molecule has 0 atom stereocenters. The predicted molar refractivity (Wildman–Crippen MR) is 138 cm³/mol. The molecule has 1 aromatic carbocycles. The highest BCUT2D eigenvalue weighted by Gasteiger charge is 2.16. The summed E-state index contributed by atoms with van der Waals surface area (Å²) in [6.07, 6.45) is 11.7. The van der Waals surface area contributed by atoms with Gasteiger partial charge < -0.3 is 10.6 Å². The first-order valence-electron chi connectivity index (χ1n) is 12.5. The zero-order valence-corrected chi connectivity index (χ0v) is 20.2. The molecule has 0 amide bonds. The van der Waals surface area contributed by atoms with Crippen molar-refractivity contribution in [3.8, 4) is 11.3 Å². The van der Waals surface area contributed by atoms with Crippen molar-refractivity contribution in [2.45, 2.75) is 65.2 Å². The molecule has 1 fully saturated rings. The Kier molecular flexibility index (Phi) is 7.92. The summed E-state index contributed by atoms with van der Waals surface area (Å²) in [6.45, 7) is 7.67. The van der Waals surface area contributed by atoms with Crippen LogP contribution < -0.4 is 10.6 Å². The largest absolute Gasteiger partial charge is 0.370 e. The van der Waals surface area contributed by atoms with Gasteiger partial charge in [-0.05, 0) is 66.5 Å². The van der Waals surface area contributed by atoms with Crippen LogP contribution in [0.2, 0.25) is 0 Å². The zero-order chi connectivity index (χ0) is 23.0. The van der Waals surface area contributed by atoms with Gasteiger partial charge in [0, 0.05) is 30.2 Å². The lowest BCUT2D eigenvalue weighted by molar-refractivity contribution is 0.378. The standard InChI is InChI=1S/C28H37N5/c1-20(2)18-30-27-15-12-24(19-31-27)26-16-17-29-28(33-26)32-25-13-10-23(11-14-25)22-8-4-6-21(3)7-5-9-22/h10-17,19-22H,4-9,18H2,1-3H3,(H,30,31)(H,29,32,33). The van der Waals surface area contributed by atoms with Gasteiger partial charge in [-0.3, -0.25) is 0 Å². The van der Waals surface area contributed by atoms with Crippen LogP contribution in [0.15, 0.2) is 54.9 Å². The number of nitrogens with zero attached hydrogens (tertiary/aromatic N) is 3. The summed E-state index contributed by atoms with van der Waals surface area (Å²) in [6, 6.07) is 14.8. The molecule has 1 saturated carbocycles. The molecule has 33 heavy (non-hydrogen) atoms. The quantitative estimate of drug-likeness (QED) is 0.398. The van der Waals surface area contributed by atoms with Crippen molar-refractivity contribution >= 4 is 17.5 Å². The van der Waals surface area contributed by atoms with Gasteiger partial charge in [0.15, 0.2) is 0 Å². The third-order valence-corrected chi connectivity index (χ3v) is 6.54. The van der Waals surface area contributed by atoms with E-state index in [1.54, 1.807) is 6.20 Å². The molecular formula is C28H37N5. The van der Waals surface area contributed by atoms with Crippen LogP contribution in [0.4, 0.5) is 17.5 Å². The molecule has 2 heterocycles. The fraction of sp³-hybridized carbons (Fsp3) is 0.464. The number of anilines is 3. The van der Waals surface area contributed by atoms with Crippen molar-refractivity contribution in [3.05, 3.63) is 60.4 Å². The van der Waals surface area contributed by atoms with Crippen LogP contribution in [0.25, 0.3) is 11.3 Å². The molecule has 0 aliphatic heterocycles. The normalized spacial score (nSPS) is 19.0. The summed E-state index contributed by atoms with van der Waals surface area (Å²) in [5.41, 5.74) is 4.31. The molecule has 1 aliphatic rings. The Hall–Kier alpha value is -2.95. The monoisotopic (exact) mass is 443 g/mol. The van der Waals surface area contributed by atoms with E-state index in [1.165, 1.54) is 44.1 Å². The Morgan fingerprint density at radius 1 is 0.909 bits per heavy atom. The van der Waals surface area contributed by atoms with Crippen LogP contribution in [-0.4, -0.2) is 21.5 Å². The fourth-order valence-corrected chi connectivity index (χ4v) is 4.55. The van der Waals surface area contributed by atoms with Gasteiger partial charge in [-0.2, -0.15) is 0 Å². The van der Waals surface area contributed by atoms with E-state index in [2.05, 4.69) is 65.6 Å². The SMILES string of the molecule is CC(C)CNc1ccc(-c2ccnc(Nc3ccc(C4CCCC(C)CCC4)cc3)n2)cn1. The van der Waals surface area contributed by atoms with Crippen LogP contribution in [0.5, 0.6) is 0 Å². The molecule has 5 nitrogen and oxygen atoms in total. The van der Waals surface area contributed by atoms with Crippen molar-refractivity contribution in [1.29, 1.82) is 0 Å². The maximum absolute atomic E-state index is 4.70. The van der Waals surface area contributed by atoms with Crippen LogP contribution in [0.3, 0.4) is 0 Å². The maximum Gasteiger partial charge on any atom is 0.227 e. The van der Waals surface area contributed by atoms with Crippen molar-refractivity contribution < 1.29 is 0 Å². The molecule has 174 valence electrons. The number of nitrogens with one attached hydrogen (secondary N) is 2. The van der Waals surface area contributed by atoms with E-state index in [9.17, 15) is 0 Å². The van der Waals surface area contributed by atoms with E-state index in [4.69, 9.17) is 4.98 Å². The summed E-state index contributed by atoms with van der Waals surface area (Å²) in [5.74, 6) is 3.65. The van der Waals surface area contributed by atoms with Crippen LogP contribution in [0, 0.1) is 11.8 Å². The average Bonchev–Trinajstić information content (AvgIpc) is 2.81. The van der Waals surface area contributed by atoms with E-state index in [-0.39, 0.29) is 0 Å². The van der Waals surface area contributed by atoms with E-state index in [0.717, 1.165) is 35.2 Å². The van der Waals surface area contributed by atoms with Crippen LogP contribution >= 0.6 is 0 Å². The minimum atomic E-state index is 0.580. The summed E-state index contributed by atoms with van der Waals surface area (Å²) >= 11 is 0. The van der Waals surface area contributed by atoms with E-state index in [1.807, 2.05) is 24.4 Å². The van der Waals surface area contributed by atoms with Crippen molar-refractivity contribution in [2.24, 2.45) is 11.8 Å². The van der Waals surface area contributed by atoms with Gasteiger partial charge in [0.05, 0.1) is 5.69 Å².